The zero-order chi connectivity index (χ0) is 16.9. The van der Waals surface area contributed by atoms with Gasteiger partial charge in [-0.3, -0.25) is 4.79 Å². The Kier molecular flexibility index (Phi) is 3.37. The number of carbonyl (C=O) groups is 1. The molecule has 2 heterocycles. The van der Waals surface area contributed by atoms with Crippen LogP contribution in [0.15, 0.2) is 41.1 Å². The Morgan fingerprint density at radius 2 is 1.80 bits per heavy atom. The molecule has 4 fully saturated rings. The van der Waals surface area contributed by atoms with Gasteiger partial charge in [0.25, 0.3) is 5.91 Å². The lowest BCUT2D eigenvalue weighted by Crippen LogP contribution is -2.54. The van der Waals surface area contributed by atoms with Gasteiger partial charge in [0.15, 0.2) is 5.76 Å². The van der Waals surface area contributed by atoms with E-state index in [0.717, 1.165) is 23.6 Å². The summed E-state index contributed by atoms with van der Waals surface area (Å²) in [6.45, 7) is 0. The van der Waals surface area contributed by atoms with Crippen molar-refractivity contribution in [3.8, 4) is 0 Å². The Morgan fingerprint density at radius 3 is 2.36 bits per heavy atom. The smallest absolute Gasteiger partial charge is 0.291 e. The molecule has 130 valence electrons. The topological polar surface area (TPSA) is 67.2 Å². The highest BCUT2D eigenvalue weighted by Crippen LogP contribution is 2.56. The minimum Gasteiger partial charge on any atom is -0.459 e. The monoisotopic (exact) mass is 337 g/mol. The third-order valence-corrected chi connectivity index (χ3v) is 6.20. The maximum atomic E-state index is 12.0. The number of hydrogen-bond donors (Lipinski definition) is 2. The third-order valence-electron chi connectivity index (χ3n) is 6.20. The Bertz CT molecular complexity index is 731. The number of rotatable bonds is 4. The molecule has 4 bridgehead atoms. The van der Waals surface area contributed by atoms with Crippen LogP contribution >= 0.6 is 0 Å². The van der Waals surface area contributed by atoms with Crippen molar-refractivity contribution < 1.29 is 9.21 Å². The molecule has 5 nitrogen and oxygen atoms in total. The standard InChI is InChI=1S/C20H23N3O2/c24-19(17-2-1-5-25-17)22-16-3-4-18(21-12-16)23-20-9-13-6-14(10-20)8-15(7-13)11-20/h1-5,12-15H,6-11H2,(H,21,23)(H,22,24). The van der Waals surface area contributed by atoms with Crippen LogP contribution in [-0.4, -0.2) is 16.4 Å². The number of aromatic nitrogens is 1. The zero-order valence-corrected chi connectivity index (χ0v) is 14.2. The van der Waals surface area contributed by atoms with Gasteiger partial charge in [-0.1, -0.05) is 0 Å². The first kappa shape index (κ1) is 15.0. The van der Waals surface area contributed by atoms with E-state index in [4.69, 9.17) is 4.42 Å². The highest BCUT2D eigenvalue weighted by atomic mass is 16.3. The third kappa shape index (κ3) is 2.81. The van der Waals surface area contributed by atoms with E-state index in [0.29, 0.717) is 11.4 Å². The van der Waals surface area contributed by atoms with Crippen LogP contribution in [0.2, 0.25) is 0 Å². The summed E-state index contributed by atoms with van der Waals surface area (Å²) < 4.78 is 5.11. The average molecular weight is 337 g/mol. The quantitative estimate of drug-likeness (QED) is 0.872. The van der Waals surface area contributed by atoms with E-state index in [2.05, 4.69) is 15.6 Å². The molecule has 2 N–H and O–H groups in total. The van der Waals surface area contributed by atoms with Crippen molar-refractivity contribution in [3.63, 3.8) is 0 Å². The van der Waals surface area contributed by atoms with Crippen molar-refractivity contribution in [2.45, 2.75) is 44.1 Å². The molecule has 0 aromatic carbocycles. The second-order valence-electron chi connectivity index (χ2n) is 8.19. The van der Waals surface area contributed by atoms with Crippen LogP contribution in [0.4, 0.5) is 11.5 Å². The van der Waals surface area contributed by atoms with E-state index in [1.165, 1.54) is 44.8 Å². The number of amides is 1. The molecule has 25 heavy (non-hydrogen) atoms. The predicted octanol–water partition coefficient (Wildman–Crippen LogP) is 4.31. The van der Waals surface area contributed by atoms with Crippen molar-refractivity contribution in [2.24, 2.45) is 17.8 Å². The molecule has 0 aliphatic heterocycles. The predicted molar refractivity (Wildman–Crippen MR) is 95.4 cm³/mol. The molecular weight excluding hydrogens is 314 g/mol. The SMILES string of the molecule is O=C(Nc1ccc(NC23CC4CC(CC(C4)C2)C3)nc1)c1ccco1. The first-order chi connectivity index (χ1) is 12.2. The van der Waals surface area contributed by atoms with Crippen LogP contribution in [0.1, 0.15) is 49.1 Å². The number of carbonyl (C=O) groups excluding carboxylic acids is 1. The number of pyridine rings is 1. The highest BCUT2D eigenvalue weighted by molar-refractivity contribution is 6.02. The molecule has 2 aromatic rings. The van der Waals surface area contributed by atoms with Crippen LogP contribution in [0, 0.1) is 17.8 Å². The molecule has 4 aliphatic carbocycles. The van der Waals surface area contributed by atoms with Crippen molar-refractivity contribution in [3.05, 3.63) is 42.5 Å². The summed E-state index contributed by atoms with van der Waals surface area (Å²) in [5.41, 5.74) is 0.929. The van der Waals surface area contributed by atoms with Gasteiger partial charge < -0.3 is 15.1 Å². The molecule has 1 amide bonds. The average Bonchev–Trinajstić information content (AvgIpc) is 3.10. The lowest BCUT2D eigenvalue weighted by atomic mass is 9.53. The Hall–Kier alpha value is -2.30. The summed E-state index contributed by atoms with van der Waals surface area (Å²) in [5, 5.41) is 6.56. The normalized spacial score (nSPS) is 32.6. The lowest BCUT2D eigenvalue weighted by molar-refractivity contribution is 0.0105. The maximum Gasteiger partial charge on any atom is 0.291 e. The summed E-state index contributed by atoms with van der Waals surface area (Å²) in [4.78, 5) is 16.5. The molecule has 0 saturated heterocycles. The molecule has 2 aromatic heterocycles. The van der Waals surface area contributed by atoms with Gasteiger partial charge in [-0.25, -0.2) is 4.98 Å². The van der Waals surface area contributed by atoms with Gasteiger partial charge in [-0.15, -0.1) is 0 Å². The molecule has 0 spiro atoms. The van der Waals surface area contributed by atoms with Crippen LogP contribution in [0.3, 0.4) is 0 Å². The van der Waals surface area contributed by atoms with Crippen LogP contribution < -0.4 is 10.6 Å². The fourth-order valence-electron chi connectivity index (χ4n) is 5.68. The number of furan rings is 1. The molecule has 4 saturated carbocycles. The molecular formula is C20H23N3O2. The highest BCUT2D eigenvalue weighted by Gasteiger charge is 2.51. The molecule has 0 unspecified atom stereocenters. The van der Waals surface area contributed by atoms with Crippen LogP contribution in [0.5, 0.6) is 0 Å². The second-order valence-corrected chi connectivity index (χ2v) is 8.19. The molecule has 0 atom stereocenters. The Labute approximate surface area is 147 Å². The van der Waals surface area contributed by atoms with E-state index in [1.54, 1.807) is 18.3 Å². The fourth-order valence-corrected chi connectivity index (χ4v) is 5.68. The fraction of sp³-hybridized carbons (Fsp3) is 0.500. The van der Waals surface area contributed by atoms with Gasteiger partial charge in [0.1, 0.15) is 5.82 Å². The minimum absolute atomic E-state index is 0.251. The summed E-state index contributed by atoms with van der Waals surface area (Å²) in [5.74, 6) is 3.68. The molecule has 6 rings (SSSR count). The number of anilines is 2. The minimum atomic E-state index is -0.256. The number of nitrogens with one attached hydrogen (secondary N) is 2. The van der Waals surface area contributed by atoms with Crippen LogP contribution in [0.25, 0.3) is 0 Å². The van der Waals surface area contributed by atoms with E-state index >= 15 is 0 Å². The van der Waals surface area contributed by atoms with Gasteiger partial charge >= 0.3 is 0 Å². The van der Waals surface area contributed by atoms with Crippen molar-refractivity contribution >= 4 is 17.4 Å². The zero-order valence-electron chi connectivity index (χ0n) is 14.2. The number of hydrogen-bond acceptors (Lipinski definition) is 4. The van der Waals surface area contributed by atoms with Gasteiger partial charge in [0.2, 0.25) is 0 Å². The Balaban J connectivity index is 1.27. The first-order valence-electron chi connectivity index (χ1n) is 9.27. The summed E-state index contributed by atoms with van der Waals surface area (Å²) in [6.07, 6.45) is 11.4. The van der Waals surface area contributed by atoms with E-state index < -0.39 is 0 Å². The largest absolute Gasteiger partial charge is 0.459 e. The van der Waals surface area contributed by atoms with Gasteiger partial charge in [0, 0.05) is 5.54 Å². The van der Waals surface area contributed by atoms with E-state index in [9.17, 15) is 4.79 Å². The van der Waals surface area contributed by atoms with E-state index in [-0.39, 0.29) is 11.4 Å². The summed E-state index contributed by atoms with van der Waals surface area (Å²) in [6, 6.07) is 7.21. The second kappa shape index (κ2) is 5.61. The van der Waals surface area contributed by atoms with E-state index in [1.807, 2.05) is 12.1 Å². The molecule has 0 radical (unpaired) electrons. The summed E-state index contributed by atoms with van der Waals surface area (Å²) in [7, 11) is 0. The van der Waals surface area contributed by atoms with Crippen LogP contribution in [-0.2, 0) is 0 Å². The van der Waals surface area contributed by atoms with Gasteiger partial charge in [-0.05, 0) is 80.5 Å². The first-order valence-corrected chi connectivity index (χ1v) is 9.27. The number of nitrogens with zero attached hydrogens (tertiary/aromatic N) is 1. The lowest BCUT2D eigenvalue weighted by Gasteiger charge is -2.57. The van der Waals surface area contributed by atoms with Crippen molar-refractivity contribution in [2.75, 3.05) is 10.6 Å². The van der Waals surface area contributed by atoms with Crippen molar-refractivity contribution in [1.29, 1.82) is 0 Å². The summed E-state index contributed by atoms with van der Waals surface area (Å²) >= 11 is 0. The van der Waals surface area contributed by atoms with Gasteiger partial charge in [-0.2, -0.15) is 0 Å². The molecule has 5 heteroatoms. The Morgan fingerprint density at radius 1 is 1.08 bits per heavy atom. The van der Waals surface area contributed by atoms with Crippen molar-refractivity contribution in [1.82, 2.24) is 4.98 Å². The molecule has 4 aliphatic rings. The van der Waals surface area contributed by atoms with Gasteiger partial charge in [0.05, 0.1) is 18.1 Å². The maximum absolute atomic E-state index is 12.0.